The number of benzene rings is 1. The maximum atomic E-state index is 5.90. The maximum absolute atomic E-state index is 5.90. The van der Waals surface area contributed by atoms with Crippen molar-refractivity contribution in [1.29, 1.82) is 0 Å². The molecule has 0 aliphatic carbocycles. The highest BCUT2D eigenvalue weighted by molar-refractivity contribution is 5.46. The number of nitrogens with zero attached hydrogens (tertiary/aromatic N) is 2. The fourth-order valence-corrected chi connectivity index (χ4v) is 1.90. The van der Waals surface area contributed by atoms with E-state index < -0.39 is 0 Å². The summed E-state index contributed by atoms with van der Waals surface area (Å²) in [6.07, 6.45) is 2.12. The highest BCUT2D eigenvalue weighted by Crippen LogP contribution is 2.13. The molecule has 1 aromatic heterocycles. The fraction of sp³-hybridized carbons (Fsp3) is 0.467. The molecule has 0 saturated heterocycles. The minimum absolute atomic E-state index is 0.563. The van der Waals surface area contributed by atoms with Gasteiger partial charge in [0.05, 0.1) is 19.8 Å². The normalized spacial score (nSPS) is 10.9. The summed E-state index contributed by atoms with van der Waals surface area (Å²) in [4.78, 5) is 4.34. The van der Waals surface area contributed by atoms with Crippen molar-refractivity contribution in [3.05, 3.63) is 41.5 Å². The van der Waals surface area contributed by atoms with E-state index in [4.69, 9.17) is 19.7 Å². The summed E-state index contributed by atoms with van der Waals surface area (Å²) in [5.74, 6) is 1.30. The minimum atomic E-state index is 0.563. The molecule has 2 N–H and O–H groups in total. The number of rotatable bonds is 9. The van der Waals surface area contributed by atoms with E-state index in [1.54, 1.807) is 7.11 Å². The van der Waals surface area contributed by atoms with E-state index in [1.807, 2.05) is 24.3 Å². The third-order valence-electron chi connectivity index (χ3n) is 3.08. The van der Waals surface area contributed by atoms with Crippen molar-refractivity contribution in [2.45, 2.75) is 19.3 Å². The lowest BCUT2D eigenvalue weighted by Gasteiger charge is -2.02. The molecule has 2 rings (SSSR count). The minimum Gasteiger partial charge on any atom is -0.399 e. The van der Waals surface area contributed by atoms with Gasteiger partial charge in [-0.1, -0.05) is 23.4 Å². The van der Waals surface area contributed by atoms with Gasteiger partial charge in [0.2, 0.25) is 5.89 Å². The molecule has 1 aromatic carbocycles. The third-order valence-corrected chi connectivity index (χ3v) is 3.08. The van der Waals surface area contributed by atoms with Crippen LogP contribution in [0.5, 0.6) is 0 Å². The largest absolute Gasteiger partial charge is 0.399 e. The molecule has 0 aliphatic rings. The molecule has 0 fully saturated rings. The number of aromatic nitrogens is 2. The van der Waals surface area contributed by atoms with Crippen LogP contribution < -0.4 is 5.73 Å². The summed E-state index contributed by atoms with van der Waals surface area (Å²) in [5, 5.41) is 3.94. The molecule has 0 radical (unpaired) electrons. The van der Waals surface area contributed by atoms with Crippen LogP contribution in [0.3, 0.4) is 0 Å². The number of para-hydroxylation sites is 1. The van der Waals surface area contributed by atoms with Crippen molar-refractivity contribution in [2.24, 2.45) is 0 Å². The van der Waals surface area contributed by atoms with Gasteiger partial charge in [-0.15, -0.1) is 0 Å². The first-order valence-electron chi connectivity index (χ1n) is 7.01. The first-order chi connectivity index (χ1) is 10.3. The van der Waals surface area contributed by atoms with Gasteiger partial charge in [-0.05, 0) is 18.1 Å². The Morgan fingerprint density at radius 1 is 1.10 bits per heavy atom. The number of hydrogen-bond acceptors (Lipinski definition) is 6. The van der Waals surface area contributed by atoms with E-state index >= 15 is 0 Å². The molecule has 0 amide bonds. The predicted octanol–water partition coefficient (Wildman–Crippen LogP) is 1.64. The number of aryl methyl sites for hydroxylation is 2. The summed E-state index contributed by atoms with van der Waals surface area (Å²) in [5.41, 5.74) is 7.79. The number of methoxy groups -OCH3 is 1. The van der Waals surface area contributed by atoms with Crippen molar-refractivity contribution in [3.8, 4) is 0 Å². The summed E-state index contributed by atoms with van der Waals surface area (Å²) >= 11 is 0. The Labute approximate surface area is 124 Å². The van der Waals surface area contributed by atoms with E-state index in [-0.39, 0.29) is 0 Å². The summed E-state index contributed by atoms with van der Waals surface area (Å²) in [6, 6.07) is 7.80. The second kappa shape index (κ2) is 8.39. The molecule has 114 valence electrons. The van der Waals surface area contributed by atoms with Gasteiger partial charge in [-0.2, -0.15) is 4.98 Å². The lowest BCUT2D eigenvalue weighted by Crippen LogP contribution is -2.05. The van der Waals surface area contributed by atoms with Crippen molar-refractivity contribution in [1.82, 2.24) is 10.1 Å². The number of nitrogens with two attached hydrogens (primary N) is 1. The number of nitrogen functional groups attached to an aromatic ring is 1. The standard InChI is InChI=1S/C15H21N3O3/c1-19-10-11-20-9-8-14-17-15(21-18-14)7-6-12-4-2-3-5-13(12)16/h2-5H,6-11,16H2,1H3. The molecular weight excluding hydrogens is 270 g/mol. The Hall–Kier alpha value is -1.92. The fourth-order valence-electron chi connectivity index (χ4n) is 1.90. The van der Waals surface area contributed by atoms with Crippen molar-refractivity contribution in [2.75, 3.05) is 32.7 Å². The molecular formula is C15H21N3O3. The summed E-state index contributed by atoms with van der Waals surface area (Å²) in [6.45, 7) is 1.73. The van der Waals surface area contributed by atoms with Gasteiger partial charge in [0, 0.05) is 25.6 Å². The molecule has 0 saturated carbocycles. The van der Waals surface area contributed by atoms with Crippen LogP contribution in [-0.4, -0.2) is 37.1 Å². The van der Waals surface area contributed by atoms with Crippen molar-refractivity contribution in [3.63, 3.8) is 0 Å². The number of ether oxygens (including phenoxy) is 2. The lowest BCUT2D eigenvalue weighted by molar-refractivity contribution is 0.0714. The van der Waals surface area contributed by atoms with Gasteiger partial charge in [0.1, 0.15) is 0 Å². The lowest BCUT2D eigenvalue weighted by atomic mass is 10.1. The van der Waals surface area contributed by atoms with Crippen molar-refractivity contribution >= 4 is 5.69 Å². The van der Waals surface area contributed by atoms with E-state index in [0.29, 0.717) is 44.4 Å². The zero-order valence-electron chi connectivity index (χ0n) is 12.2. The van der Waals surface area contributed by atoms with Crippen LogP contribution >= 0.6 is 0 Å². The Bertz CT molecular complexity index is 542. The number of hydrogen-bond donors (Lipinski definition) is 1. The molecule has 0 bridgehead atoms. The molecule has 2 aromatic rings. The zero-order valence-corrected chi connectivity index (χ0v) is 12.2. The highest BCUT2D eigenvalue weighted by Gasteiger charge is 2.07. The topological polar surface area (TPSA) is 83.4 Å². The second-order valence-corrected chi connectivity index (χ2v) is 4.66. The molecule has 0 aliphatic heterocycles. The van der Waals surface area contributed by atoms with E-state index in [9.17, 15) is 0 Å². The van der Waals surface area contributed by atoms with Crippen LogP contribution in [0.15, 0.2) is 28.8 Å². The SMILES string of the molecule is COCCOCCc1noc(CCc2ccccc2N)n1. The average molecular weight is 291 g/mol. The zero-order chi connectivity index (χ0) is 14.9. The smallest absolute Gasteiger partial charge is 0.226 e. The van der Waals surface area contributed by atoms with E-state index in [0.717, 1.165) is 17.7 Å². The third kappa shape index (κ3) is 5.17. The molecule has 6 nitrogen and oxygen atoms in total. The molecule has 0 spiro atoms. The molecule has 1 heterocycles. The average Bonchev–Trinajstić information content (AvgIpc) is 2.94. The van der Waals surface area contributed by atoms with Gasteiger partial charge in [-0.3, -0.25) is 0 Å². The maximum Gasteiger partial charge on any atom is 0.226 e. The highest BCUT2D eigenvalue weighted by atomic mass is 16.5. The van der Waals surface area contributed by atoms with Crippen LogP contribution in [0.4, 0.5) is 5.69 Å². The Morgan fingerprint density at radius 3 is 2.76 bits per heavy atom. The van der Waals surface area contributed by atoms with Gasteiger partial charge < -0.3 is 19.7 Å². The predicted molar refractivity (Wildman–Crippen MR) is 79.0 cm³/mol. The second-order valence-electron chi connectivity index (χ2n) is 4.66. The summed E-state index contributed by atoms with van der Waals surface area (Å²) in [7, 11) is 1.65. The Balaban J connectivity index is 1.74. The van der Waals surface area contributed by atoms with Crippen LogP contribution in [0.2, 0.25) is 0 Å². The molecule has 0 unspecified atom stereocenters. The van der Waals surface area contributed by atoms with E-state index in [2.05, 4.69) is 10.1 Å². The monoisotopic (exact) mass is 291 g/mol. The van der Waals surface area contributed by atoms with Crippen LogP contribution in [0.25, 0.3) is 0 Å². The Kier molecular flexibility index (Phi) is 6.18. The first kappa shape index (κ1) is 15.5. The van der Waals surface area contributed by atoms with Gasteiger partial charge in [0.25, 0.3) is 0 Å². The number of anilines is 1. The molecule has 0 atom stereocenters. The van der Waals surface area contributed by atoms with Crippen molar-refractivity contribution < 1.29 is 14.0 Å². The van der Waals surface area contributed by atoms with Gasteiger partial charge in [-0.25, -0.2) is 0 Å². The van der Waals surface area contributed by atoms with E-state index in [1.165, 1.54) is 0 Å². The molecule has 21 heavy (non-hydrogen) atoms. The Morgan fingerprint density at radius 2 is 1.95 bits per heavy atom. The van der Waals surface area contributed by atoms with Crippen LogP contribution in [0.1, 0.15) is 17.3 Å². The van der Waals surface area contributed by atoms with Crippen LogP contribution in [-0.2, 0) is 28.7 Å². The first-order valence-corrected chi connectivity index (χ1v) is 7.01. The quantitative estimate of drug-likeness (QED) is 0.558. The van der Waals surface area contributed by atoms with Gasteiger partial charge >= 0.3 is 0 Å². The van der Waals surface area contributed by atoms with Gasteiger partial charge in [0.15, 0.2) is 5.82 Å². The summed E-state index contributed by atoms with van der Waals surface area (Å²) < 4.78 is 15.5. The molecule has 6 heteroatoms. The van der Waals surface area contributed by atoms with Crippen LogP contribution in [0, 0.1) is 0 Å².